The molecule has 1 aliphatic carbocycles. The van der Waals surface area contributed by atoms with Crippen LogP contribution in [0.3, 0.4) is 0 Å². The second-order valence-electron chi connectivity index (χ2n) is 8.25. The highest BCUT2D eigenvalue weighted by Crippen LogP contribution is 2.24. The van der Waals surface area contributed by atoms with Gasteiger partial charge in [0.2, 0.25) is 5.88 Å². The molecule has 1 aromatic carbocycles. The van der Waals surface area contributed by atoms with E-state index in [4.69, 9.17) is 14.7 Å². The summed E-state index contributed by atoms with van der Waals surface area (Å²) in [6.07, 6.45) is 5.37. The topological polar surface area (TPSA) is 145 Å². The molecule has 1 fully saturated rings. The maximum Gasteiger partial charge on any atom is 0.326 e. The fourth-order valence-corrected chi connectivity index (χ4v) is 3.78. The Morgan fingerprint density at radius 1 is 1.26 bits per heavy atom. The minimum absolute atomic E-state index is 0.241. The zero-order valence-corrected chi connectivity index (χ0v) is 18.2. The molecule has 4 aromatic rings. The smallest absolute Gasteiger partial charge is 0.326 e. The number of aliphatic imine (C=N–C) groups is 1. The Balaban J connectivity index is 1.44. The molecule has 0 spiro atoms. The molecular weight excluding hydrogens is 436 g/mol. The highest BCUT2D eigenvalue weighted by atomic mass is 16.5. The number of fused-ring (bicyclic) bond motifs is 1. The monoisotopic (exact) mass is 458 g/mol. The molecule has 11 nitrogen and oxygen atoms in total. The SMILES string of the molecule is O=c1[nH]c(O)c(/C=c2\cnn3c(=NC4CC4)cc(-c4cccc(OCC5=NCCN5)c4)nc23)[nH]1. The van der Waals surface area contributed by atoms with Crippen molar-refractivity contribution in [1.82, 2.24) is 29.9 Å². The number of rotatable bonds is 6. The van der Waals surface area contributed by atoms with E-state index < -0.39 is 5.69 Å². The first-order valence-electron chi connectivity index (χ1n) is 11.1. The molecule has 1 aliphatic heterocycles. The van der Waals surface area contributed by atoms with E-state index in [0.29, 0.717) is 28.7 Å². The van der Waals surface area contributed by atoms with Gasteiger partial charge in [0.25, 0.3) is 0 Å². The van der Waals surface area contributed by atoms with Crippen molar-refractivity contribution in [1.29, 1.82) is 0 Å². The first-order valence-corrected chi connectivity index (χ1v) is 11.1. The molecule has 4 N–H and O–H groups in total. The van der Waals surface area contributed by atoms with E-state index >= 15 is 0 Å². The van der Waals surface area contributed by atoms with E-state index in [1.54, 1.807) is 16.8 Å². The summed E-state index contributed by atoms with van der Waals surface area (Å²) in [5.41, 5.74) is 2.62. The number of ether oxygens (including phenoxy) is 1. The molecule has 0 unspecified atom stereocenters. The van der Waals surface area contributed by atoms with Gasteiger partial charge < -0.3 is 20.1 Å². The van der Waals surface area contributed by atoms with Gasteiger partial charge in [-0.15, -0.1) is 0 Å². The van der Waals surface area contributed by atoms with Crippen molar-refractivity contribution in [2.45, 2.75) is 18.9 Å². The number of nitrogens with one attached hydrogen (secondary N) is 3. The predicted octanol–water partition coefficient (Wildman–Crippen LogP) is 0.110. The Kier molecular flexibility index (Phi) is 4.86. The van der Waals surface area contributed by atoms with Gasteiger partial charge in [0, 0.05) is 23.4 Å². The first kappa shape index (κ1) is 20.2. The van der Waals surface area contributed by atoms with Crippen molar-refractivity contribution in [2.75, 3.05) is 19.7 Å². The number of aromatic amines is 2. The van der Waals surface area contributed by atoms with Crippen LogP contribution in [-0.4, -0.2) is 61.2 Å². The van der Waals surface area contributed by atoms with Gasteiger partial charge in [-0.25, -0.2) is 9.78 Å². The Labute approximate surface area is 192 Å². The summed E-state index contributed by atoms with van der Waals surface area (Å²) in [6, 6.07) is 9.92. The van der Waals surface area contributed by atoms with Crippen molar-refractivity contribution in [3.05, 3.63) is 63.4 Å². The molecule has 0 radical (unpaired) electrons. The number of nitrogens with zero attached hydrogens (tertiary/aromatic N) is 5. The van der Waals surface area contributed by atoms with Gasteiger partial charge in [-0.3, -0.25) is 15.0 Å². The van der Waals surface area contributed by atoms with Gasteiger partial charge in [-0.1, -0.05) is 12.1 Å². The molecule has 172 valence electrons. The van der Waals surface area contributed by atoms with E-state index in [0.717, 1.165) is 43.0 Å². The minimum atomic E-state index is -0.492. The normalized spacial score (nSPS) is 16.8. The zero-order chi connectivity index (χ0) is 23.1. The summed E-state index contributed by atoms with van der Waals surface area (Å²) >= 11 is 0. The minimum Gasteiger partial charge on any atom is -0.493 e. The highest BCUT2D eigenvalue weighted by Gasteiger charge is 2.20. The predicted molar refractivity (Wildman–Crippen MR) is 125 cm³/mol. The van der Waals surface area contributed by atoms with Crippen LogP contribution in [0.15, 0.2) is 51.3 Å². The Morgan fingerprint density at radius 3 is 2.94 bits per heavy atom. The summed E-state index contributed by atoms with van der Waals surface area (Å²) in [5.74, 6) is 1.32. The van der Waals surface area contributed by atoms with Gasteiger partial charge in [0.1, 0.15) is 23.9 Å². The summed E-state index contributed by atoms with van der Waals surface area (Å²) in [4.78, 5) is 30.4. The fourth-order valence-electron chi connectivity index (χ4n) is 3.78. The highest BCUT2D eigenvalue weighted by molar-refractivity contribution is 5.85. The van der Waals surface area contributed by atoms with E-state index in [1.165, 1.54) is 0 Å². The molecule has 11 heteroatoms. The van der Waals surface area contributed by atoms with E-state index in [2.05, 4.69) is 25.4 Å². The molecule has 34 heavy (non-hydrogen) atoms. The molecule has 0 amide bonds. The summed E-state index contributed by atoms with van der Waals surface area (Å²) in [7, 11) is 0. The van der Waals surface area contributed by atoms with Crippen LogP contribution in [0.2, 0.25) is 0 Å². The van der Waals surface area contributed by atoms with Crippen LogP contribution in [0.25, 0.3) is 23.0 Å². The van der Waals surface area contributed by atoms with Crippen molar-refractivity contribution < 1.29 is 9.84 Å². The Hall–Kier alpha value is -4.41. The summed E-state index contributed by atoms with van der Waals surface area (Å²) < 4.78 is 7.59. The van der Waals surface area contributed by atoms with E-state index in [-0.39, 0.29) is 17.6 Å². The van der Waals surface area contributed by atoms with Crippen molar-refractivity contribution in [3.8, 4) is 22.9 Å². The molecule has 0 saturated heterocycles. The number of hydrogen-bond donors (Lipinski definition) is 4. The van der Waals surface area contributed by atoms with Crippen LogP contribution in [0.4, 0.5) is 0 Å². The summed E-state index contributed by atoms with van der Waals surface area (Å²) in [5, 5.41) is 18.3. The van der Waals surface area contributed by atoms with Crippen LogP contribution in [-0.2, 0) is 0 Å². The number of hydrogen-bond acceptors (Lipinski definition) is 8. The first-order chi connectivity index (χ1) is 16.6. The van der Waals surface area contributed by atoms with Crippen LogP contribution < -0.4 is 26.4 Å². The number of H-pyrrole nitrogens is 2. The van der Waals surface area contributed by atoms with Gasteiger partial charge >= 0.3 is 5.69 Å². The van der Waals surface area contributed by atoms with E-state index in [9.17, 15) is 9.90 Å². The molecule has 3 aromatic heterocycles. The maximum absolute atomic E-state index is 11.5. The lowest BCUT2D eigenvalue weighted by atomic mass is 10.1. The lowest BCUT2D eigenvalue weighted by Gasteiger charge is -2.09. The maximum atomic E-state index is 11.5. The van der Waals surface area contributed by atoms with Crippen LogP contribution in [0.1, 0.15) is 18.5 Å². The molecular formula is C23H22N8O3. The van der Waals surface area contributed by atoms with Crippen LogP contribution in [0, 0.1) is 0 Å². The van der Waals surface area contributed by atoms with Gasteiger partial charge in [-0.05, 0) is 31.1 Å². The average molecular weight is 458 g/mol. The molecule has 6 rings (SSSR count). The molecule has 0 atom stereocenters. The molecule has 4 heterocycles. The number of aromatic hydroxyl groups is 1. The zero-order valence-electron chi connectivity index (χ0n) is 18.2. The average Bonchev–Trinajstić information content (AvgIpc) is 3.19. The second kappa shape index (κ2) is 8.18. The van der Waals surface area contributed by atoms with Crippen LogP contribution in [0.5, 0.6) is 11.6 Å². The fraction of sp³-hybridized carbons (Fsp3) is 0.261. The van der Waals surface area contributed by atoms with Crippen LogP contribution >= 0.6 is 0 Å². The Bertz CT molecular complexity index is 1590. The van der Waals surface area contributed by atoms with Crippen molar-refractivity contribution in [2.24, 2.45) is 9.98 Å². The molecule has 1 saturated carbocycles. The quantitative estimate of drug-likeness (QED) is 0.323. The third-order valence-corrected chi connectivity index (χ3v) is 5.63. The number of amidine groups is 1. The Morgan fingerprint density at radius 2 is 2.18 bits per heavy atom. The van der Waals surface area contributed by atoms with Crippen molar-refractivity contribution in [3.63, 3.8) is 0 Å². The van der Waals surface area contributed by atoms with Gasteiger partial charge in [0.05, 0.1) is 24.5 Å². The largest absolute Gasteiger partial charge is 0.493 e. The van der Waals surface area contributed by atoms with Crippen molar-refractivity contribution >= 4 is 17.6 Å². The lowest BCUT2D eigenvalue weighted by molar-refractivity contribution is 0.374. The third kappa shape index (κ3) is 4.03. The van der Waals surface area contributed by atoms with Gasteiger partial charge in [0.15, 0.2) is 11.1 Å². The molecule has 2 aliphatic rings. The third-order valence-electron chi connectivity index (χ3n) is 5.63. The number of benzene rings is 1. The summed E-state index contributed by atoms with van der Waals surface area (Å²) in [6.45, 7) is 2.00. The lowest BCUT2D eigenvalue weighted by Crippen LogP contribution is -2.24. The standard InChI is InChI=1S/C23H22N8O3/c32-22-18(29-23(33)30-22)9-14-11-26-31-20(27-15-4-5-15)10-17(28-21(14)31)13-2-1-3-16(8-13)34-12-19-24-6-7-25-19/h1-3,8-11,15,32H,4-7,12H2,(H,24,25)(H2,29,30,33)/b14-9+,27-20?. The van der Waals surface area contributed by atoms with Gasteiger partial charge in [-0.2, -0.15) is 9.61 Å². The number of aromatic nitrogens is 5. The van der Waals surface area contributed by atoms with E-state index in [1.807, 2.05) is 30.3 Å². The number of imidazole rings is 1. The molecule has 0 bridgehead atoms. The second-order valence-corrected chi connectivity index (χ2v) is 8.25.